The number of carboxylic acids is 1. The highest BCUT2D eigenvalue weighted by molar-refractivity contribution is 7.57. The van der Waals surface area contributed by atoms with E-state index in [-0.39, 0.29) is 19.0 Å². The molecule has 0 heterocycles. The Morgan fingerprint density at radius 2 is 1.81 bits per heavy atom. The molecule has 0 bridgehead atoms. The highest BCUT2D eigenvalue weighted by atomic mass is 31.2. The van der Waals surface area contributed by atoms with Gasteiger partial charge in [0, 0.05) is 19.2 Å². The summed E-state index contributed by atoms with van der Waals surface area (Å²) in [5.41, 5.74) is 8.93. The topological polar surface area (TPSA) is 164 Å². The first-order valence-corrected chi connectivity index (χ1v) is 8.53. The average molecular weight is 323 g/mol. The van der Waals surface area contributed by atoms with Crippen LogP contribution in [-0.4, -0.2) is 57.2 Å². The molecule has 21 heavy (non-hydrogen) atoms. The molecule has 0 radical (unpaired) electrons. The zero-order valence-corrected chi connectivity index (χ0v) is 13.2. The third kappa shape index (κ3) is 6.81. The molecule has 0 rings (SSSR count). The van der Waals surface area contributed by atoms with Gasteiger partial charge in [-0.25, -0.2) is 4.79 Å². The van der Waals surface area contributed by atoms with E-state index >= 15 is 0 Å². The van der Waals surface area contributed by atoms with Crippen LogP contribution in [0.15, 0.2) is 0 Å². The molecular weight excluding hydrogens is 301 g/mol. The highest BCUT2D eigenvalue weighted by Crippen LogP contribution is 2.36. The molecule has 0 spiro atoms. The summed E-state index contributed by atoms with van der Waals surface area (Å²) in [6.07, 6.45) is -0.312. The molecule has 0 aliphatic heterocycles. The minimum Gasteiger partial charge on any atom is -0.480 e. The Hall–Kier alpha value is -1.28. The number of carbonyl (C=O) groups excluding carboxylic acids is 2. The number of imide groups is 1. The quantitative estimate of drug-likeness (QED) is 0.347. The first kappa shape index (κ1) is 19.7. The molecule has 0 fully saturated rings. The van der Waals surface area contributed by atoms with Crippen LogP contribution in [0.1, 0.15) is 26.7 Å². The molecule has 0 aliphatic carbocycles. The van der Waals surface area contributed by atoms with Crippen LogP contribution in [0.25, 0.3) is 0 Å². The second-order valence-corrected chi connectivity index (χ2v) is 7.79. The molecule has 0 saturated carbocycles. The summed E-state index contributed by atoms with van der Waals surface area (Å²) in [6.45, 7) is 3.45. The third-order valence-electron chi connectivity index (χ3n) is 2.66. The number of nitrogens with two attached hydrogens (primary N) is 2. The van der Waals surface area contributed by atoms with Gasteiger partial charge in [-0.2, -0.15) is 0 Å². The molecule has 0 saturated heterocycles. The largest absolute Gasteiger partial charge is 0.480 e. The summed E-state index contributed by atoms with van der Waals surface area (Å²) in [4.78, 5) is 44.6. The van der Waals surface area contributed by atoms with Crippen molar-refractivity contribution in [1.82, 2.24) is 4.90 Å². The van der Waals surface area contributed by atoms with Gasteiger partial charge in [-0.3, -0.25) is 19.1 Å². The van der Waals surface area contributed by atoms with E-state index in [2.05, 4.69) is 0 Å². The van der Waals surface area contributed by atoms with Crippen molar-refractivity contribution in [3.8, 4) is 0 Å². The van der Waals surface area contributed by atoms with E-state index in [9.17, 15) is 18.9 Å². The number of nitrogens with zero attached hydrogens (tertiary/aromatic N) is 1. The van der Waals surface area contributed by atoms with E-state index < -0.39 is 36.9 Å². The fraction of sp³-hybridized carbons (Fsp3) is 0.727. The maximum Gasteiger partial charge on any atom is 0.326 e. The third-order valence-corrected chi connectivity index (χ3v) is 3.80. The lowest BCUT2D eigenvalue weighted by Crippen LogP contribution is -2.63. The van der Waals surface area contributed by atoms with Crippen LogP contribution < -0.4 is 11.5 Å². The maximum absolute atomic E-state index is 12.0. The molecule has 1 unspecified atom stereocenters. The van der Waals surface area contributed by atoms with Crippen molar-refractivity contribution in [2.24, 2.45) is 11.5 Å². The molecular formula is C11H22N3O6P. The number of aliphatic carboxylic acids is 1. The van der Waals surface area contributed by atoms with Crippen molar-refractivity contribution in [2.75, 3.05) is 12.8 Å². The number of rotatable bonds is 7. The average Bonchev–Trinajstić information content (AvgIpc) is 2.25. The van der Waals surface area contributed by atoms with E-state index in [1.165, 1.54) is 0 Å². The lowest BCUT2D eigenvalue weighted by Gasteiger charge is -2.30. The predicted octanol–water partition coefficient (Wildman–Crippen LogP) is -0.871. The lowest BCUT2D eigenvalue weighted by molar-refractivity contribution is -0.159. The van der Waals surface area contributed by atoms with Gasteiger partial charge in [-0.05, 0) is 20.3 Å². The van der Waals surface area contributed by atoms with Crippen molar-refractivity contribution >= 4 is 25.2 Å². The minimum atomic E-state index is -3.27. The molecule has 10 heteroatoms. The van der Waals surface area contributed by atoms with Crippen molar-refractivity contribution in [2.45, 2.75) is 38.4 Å². The number of hydrogen-bond acceptors (Lipinski definition) is 6. The number of carboxylic acid groups (broad SMARTS) is 1. The zero-order chi connectivity index (χ0) is 17.0. The molecule has 0 aliphatic rings. The normalized spacial score (nSPS) is 15.9. The van der Waals surface area contributed by atoms with E-state index in [1.807, 2.05) is 0 Å². The van der Waals surface area contributed by atoms with E-state index in [0.717, 1.165) is 20.5 Å². The predicted molar refractivity (Wildman–Crippen MR) is 75.6 cm³/mol. The van der Waals surface area contributed by atoms with Gasteiger partial charge in [0.2, 0.25) is 5.91 Å². The zero-order valence-electron chi connectivity index (χ0n) is 12.3. The monoisotopic (exact) mass is 323 g/mol. The van der Waals surface area contributed by atoms with Crippen LogP contribution >= 0.6 is 7.37 Å². The molecule has 2 atom stereocenters. The number of amides is 2. The van der Waals surface area contributed by atoms with Crippen molar-refractivity contribution in [3.63, 3.8) is 0 Å². The lowest BCUT2D eigenvalue weighted by atomic mass is 10.1. The van der Waals surface area contributed by atoms with Gasteiger partial charge in [-0.15, -0.1) is 0 Å². The molecule has 9 nitrogen and oxygen atoms in total. The van der Waals surface area contributed by atoms with Gasteiger partial charge in [0.1, 0.15) is 11.7 Å². The van der Waals surface area contributed by atoms with Gasteiger partial charge in [0.25, 0.3) is 5.91 Å². The molecule has 2 amide bonds. The van der Waals surface area contributed by atoms with E-state index in [1.54, 1.807) is 0 Å². The summed E-state index contributed by atoms with van der Waals surface area (Å²) >= 11 is 0. The Morgan fingerprint density at radius 3 is 2.14 bits per heavy atom. The maximum atomic E-state index is 12.0. The van der Waals surface area contributed by atoms with Crippen LogP contribution in [0.2, 0.25) is 0 Å². The first-order chi connectivity index (χ1) is 9.27. The Kier molecular flexibility index (Phi) is 6.69. The fourth-order valence-electron chi connectivity index (χ4n) is 1.52. The molecule has 6 N–H and O–H groups in total. The fourth-order valence-corrected chi connectivity index (χ4v) is 2.26. The summed E-state index contributed by atoms with van der Waals surface area (Å²) in [5, 5.41) is 8.96. The van der Waals surface area contributed by atoms with E-state index in [4.69, 9.17) is 21.5 Å². The van der Waals surface area contributed by atoms with Gasteiger partial charge in [-0.1, -0.05) is 0 Å². The Balaban J connectivity index is 5.06. The Labute approximate surface area is 122 Å². The van der Waals surface area contributed by atoms with Gasteiger partial charge in [0.15, 0.2) is 7.37 Å². The number of carbonyl (C=O) groups is 3. The van der Waals surface area contributed by atoms with Gasteiger partial charge < -0.3 is 21.5 Å². The van der Waals surface area contributed by atoms with Crippen LogP contribution in [0.3, 0.4) is 0 Å². The molecule has 0 aromatic carbocycles. The van der Waals surface area contributed by atoms with Crippen LogP contribution in [-0.2, 0) is 18.9 Å². The Bertz CT molecular complexity index is 467. The van der Waals surface area contributed by atoms with Crippen molar-refractivity contribution in [1.29, 1.82) is 0 Å². The number of hydrogen-bond donors (Lipinski definition) is 4. The van der Waals surface area contributed by atoms with E-state index in [0.29, 0.717) is 4.90 Å². The van der Waals surface area contributed by atoms with Crippen LogP contribution in [0, 0.1) is 0 Å². The van der Waals surface area contributed by atoms with Crippen LogP contribution in [0.5, 0.6) is 0 Å². The minimum absolute atomic E-state index is 0.0467. The summed E-state index contributed by atoms with van der Waals surface area (Å²) < 4.78 is 11.1. The SMILES string of the molecule is C[C@@H](C(=O)O)N(C(=O)CCCP(C)(=O)O)C(=O)C(C)(N)N. The molecule has 0 aromatic rings. The highest BCUT2D eigenvalue weighted by Gasteiger charge is 2.38. The van der Waals surface area contributed by atoms with Crippen molar-refractivity contribution < 1.29 is 28.9 Å². The summed E-state index contributed by atoms with van der Waals surface area (Å²) in [5.74, 6) is -3.21. The second kappa shape index (κ2) is 7.13. The van der Waals surface area contributed by atoms with Crippen LogP contribution in [0.4, 0.5) is 0 Å². The van der Waals surface area contributed by atoms with Gasteiger partial charge >= 0.3 is 5.97 Å². The molecule has 0 aromatic heterocycles. The summed E-state index contributed by atoms with van der Waals surface area (Å²) in [6, 6.07) is -1.43. The first-order valence-electron chi connectivity index (χ1n) is 6.23. The Morgan fingerprint density at radius 1 is 1.33 bits per heavy atom. The van der Waals surface area contributed by atoms with Gasteiger partial charge in [0.05, 0.1) is 0 Å². The second-order valence-electron chi connectivity index (χ2n) is 5.24. The molecule has 122 valence electrons. The standard InChI is InChI=1S/C11H22N3O6P/c1-7(9(16)17)14(10(18)11(2,12)13)8(15)5-4-6-21(3,19)20/h7H,4-6,12-13H2,1-3H3,(H,16,17)(H,19,20)/t7-/m0/s1. The summed E-state index contributed by atoms with van der Waals surface area (Å²) in [7, 11) is -3.27. The van der Waals surface area contributed by atoms with Crippen molar-refractivity contribution in [3.05, 3.63) is 0 Å². The smallest absolute Gasteiger partial charge is 0.326 e.